The lowest BCUT2D eigenvalue weighted by molar-refractivity contribution is 0.0984. The smallest absolute Gasteiger partial charge is 0.274 e. The van der Waals surface area contributed by atoms with Crippen LogP contribution in [-0.2, 0) is 46.0 Å². The molecule has 1 amide bonds. The summed E-state index contributed by atoms with van der Waals surface area (Å²) in [6.45, 7) is 2.91. The molecular formula is C31H34N6O3S. The van der Waals surface area contributed by atoms with E-state index >= 15 is 0 Å². The van der Waals surface area contributed by atoms with Gasteiger partial charge in [-0.3, -0.25) is 19.2 Å². The summed E-state index contributed by atoms with van der Waals surface area (Å²) in [5.41, 5.74) is 6.97. The number of aromatic nitrogens is 3. The lowest BCUT2D eigenvalue weighted by Gasteiger charge is -2.30. The van der Waals surface area contributed by atoms with Crippen LogP contribution in [0.2, 0.25) is 0 Å². The number of benzene rings is 1. The molecule has 3 aromatic heterocycles. The molecule has 0 fully saturated rings. The Kier molecular flexibility index (Phi) is 6.56. The van der Waals surface area contributed by atoms with E-state index in [1.54, 1.807) is 29.1 Å². The molecule has 0 atom stereocenters. The number of hydrogen-bond donors (Lipinski definition) is 2. The molecule has 7 rings (SSSR count). The molecule has 1 aliphatic carbocycles. The highest BCUT2D eigenvalue weighted by atomic mass is 32.1. The van der Waals surface area contributed by atoms with Gasteiger partial charge in [-0.1, -0.05) is 12.1 Å². The van der Waals surface area contributed by atoms with Crippen molar-refractivity contribution in [1.82, 2.24) is 19.2 Å². The maximum Gasteiger partial charge on any atom is 0.274 e. The first-order valence-corrected chi connectivity index (χ1v) is 15.1. The number of pyridine rings is 1. The number of rotatable bonds is 5. The van der Waals surface area contributed by atoms with E-state index in [2.05, 4.69) is 22.4 Å². The lowest BCUT2D eigenvalue weighted by atomic mass is 9.91. The Morgan fingerprint density at radius 1 is 1.02 bits per heavy atom. The second-order valence-corrected chi connectivity index (χ2v) is 12.5. The summed E-state index contributed by atoms with van der Waals surface area (Å²) in [4.78, 5) is 33.2. The van der Waals surface area contributed by atoms with E-state index in [1.807, 2.05) is 39.9 Å². The van der Waals surface area contributed by atoms with Crippen molar-refractivity contribution in [2.45, 2.75) is 51.8 Å². The third kappa shape index (κ3) is 4.50. The molecule has 5 heterocycles. The predicted molar refractivity (Wildman–Crippen MR) is 161 cm³/mol. The van der Waals surface area contributed by atoms with Gasteiger partial charge >= 0.3 is 0 Å². The van der Waals surface area contributed by atoms with Gasteiger partial charge in [0.2, 0.25) is 0 Å². The highest BCUT2D eigenvalue weighted by Crippen LogP contribution is 2.40. The van der Waals surface area contributed by atoms with Crippen molar-refractivity contribution in [2.24, 2.45) is 7.05 Å². The van der Waals surface area contributed by atoms with E-state index in [1.165, 1.54) is 28.8 Å². The van der Waals surface area contributed by atoms with Gasteiger partial charge in [0.1, 0.15) is 5.69 Å². The third-order valence-corrected chi connectivity index (χ3v) is 9.97. The van der Waals surface area contributed by atoms with E-state index in [4.69, 9.17) is 0 Å². The normalized spacial score (nSPS) is 16.9. The maximum atomic E-state index is 13.8. The highest BCUT2D eigenvalue weighted by molar-refractivity contribution is 7.14. The van der Waals surface area contributed by atoms with Crippen LogP contribution in [0, 0.1) is 0 Å². The summed E-state index contributed by atoms with van der Waals surface area (Å²) in [7, 11) is 3.81. The monoisotopic (exact) mass is 570 g/mol. The second-order valence-electron chi connectivity index (χ2n) is 11.4. The molecule has 0 unspecified atom stereocenters. The van der Waals surface area contributed by atoms with E-state index in [0.717, 1.165) is 66.3 Å². The first-order chi connectivity index (χ1) is 19.9. The lowest BCUT2D eigenvalue weighted by Crippen LogP contribution is -2.37. The molecule has 0 bridgehead atoms. The van der Waals surface area contributed by atoms with E-state index in [9.17, 15) is 14.7 Å². The molecule has 212 valence electrons. The Balaban J connectivity index is 1.24. The maximum absolute atomic E-state index is 13.8. The first kappa shape index (κ1) is 26.2. The average molecular weight is 571 g/mol. The van der Waals surface area contributed by atoms with Crippen molar-refractivity contribution in [3.8, 4) is 11.1 Å². The summed E-state index contributed by atoms with van der Waals surface area (Å²) >= 11 is 1.66. The number of fused-ring (bicyclic) bond motifs is 4. The number of nitrogens with one attached hydrogen (secondary N) is 1. The van der Waals surface area contributed by atoms with Gasteiger partial charge in [0.25, 0.3) is 11.5 Å². The van der Waals surface area contributed by atoms with Crippen LogP contribution in [-0.4, -0.2) is 50.4 Å². The third-order valence-electron chi connectivity index (χ3n) is 8.65. The molecule has 41 heavy (non-hydrogen) atoms. The minimum Gasteiger partial charge on any atom is -0.392 e. The molecular weight excluding hydrogens is 536 g/mol. The van der Waals surface area contributed by atoms with Crippen LogP contribution in [0.4, 0.5) is 17.2 Å². The Labute approximate surface area is 242 Å². The molecule has 0 spiro atoms. The number of aliphatic hydroxyl groups excluding tert-OH is 1. The molecule has 1 aromatic carbocycles. The van der Waals surface area contributed by atoms with Gasteiger partial charge in [-0.05, 0) is 68.0 Å². The zero-order valence-corrected chi connectivity index (χ0v) is 24.3. The largest absolute Gasteiger partial charge is 0.392 e. The predicted octanol–water partition coefficient (Wildman–Crippen LogP) is 4.07. The van der Waals surface area contributed by atoms with Gasteiger partial charge < -0.3 is 19.9 Å². The number of anilines is 3. The quantitative estimate of drug-likeness (QED) is 0.376. The molecule has 3 aliphatic rings. The number of thiophene rings is 1. The summed E-state index contributed by atoms with van der Waals surface area (Å²) in [5, 5.41) is 18.5. The number of hydrogen-bond acceptors (Lipinski definition) is 7. The van der Waals surface area contributed by atoms with Crippen molar-refractivity contribution in [2.75, 3.05) is 30.4 Å². The van der Waals surface area contributed by atoms with Crippen molar-refractivity contribution >= 4 is 34.4 Å². The number of carbonyl (C=O) groups excluding carboxylic acids is 1. The van der Waals surface area contributed by atoms with E-state index < -0.39 is 0 Å². The molecule has 10 heteroatoms. The Morgan fingerprint density at radius 2 is 1.88 bits per heavy atom. The summed E-state index contributed by atoms with van der Waals surface area (Å²) in [6, 6.07) is 9.58. The average Bonchev–Trinajstić information content (AvgIpc) is 3.56. The first-order valence-electron chi connectivity index (χ1n) is 14.3. The van der Waals surface area contributed by atoms with Gasteiger partial charge in [-0.2, -0.15) is 5.10 Å². The fraction of sp³-hybridized carbons (Fsp3) is 0.387. The topological polar surface area (TPSA) is 95.6 Å². The Hall–Kier alpha value is -3.73. The van der Waals surface area contributed by atoms with Crippen LogP contribution < -0.4 is 15.8 Å². The van der Waals surface area contributed by atoms with Crippen LogP contribution >= 0.6 is 11.3 Å². The molecule has 0 saturated carbocycles. The minimum absolute atomic E-state index is 0.0229. The number of likely N-dealkylation sites (N-methyl/N-ethyl adjacent to an activating group) is 1. The molecule has 9 nitrogen and oxygen atoms in total. The molecule has 4 aromatic rings. The SMILES string of the molecule is CN1CCn2nc(Nc3cc(-c4cccc(N5CCc6c(sc7c6CCCC7)C5=O)c4CO)cn(C)c3=O)cc2C1. The highest BCUT2D eigenvalue weighted by Gasteiger charge is 2.33. The Morgan fingerprint density at radius 3 is 2.73 bits per heavy atom. The number of aliphatic hydroxyl groups is 1. The van der Waals surface area contributed by atoms with Crippen LogP contribution in [0.15, 0.2) is 41.3 Å². The fourth-order valence-corrected chi connectivity index (χ4v) is 7.94. The number of nitrogens with zero attached hydrogens (tertiary/aromatic N) is 5. The van der Waals surface area contributed by atoms with Crippen molar-refractivity contribution < 1.29 is 9.90 Å². The standard InChI is InChI=1S/C31H34N6O3S/c1-34-12-13-37-20(17-34)15-28(33-37)32-25-14-19(16-35(2)30(25)39)21-7-5-8-26(24(21)18-38)36-11-10-23-22-6-3-4-9-27(22)41-29(23)31(36)40/h5,7-8,14-16,38H,3-4,6,9-13,17-18H2,1-2H3,(H,32,33). The number of amides is 1. The van der Waals surface area contributed by atoms with Crippen molar-refractivity contribution in [3.05, 3.63) is 79.0 Å². The fourth-order valence-electron chi connectivity index (χ4n) is 6.56. The molecule has 2 aliphatic heterocycles. The van der Waals surface area contributed by atoms with Gasteiger partial charge in [0.15, 0.2) is 5.82 Å². The molecule has 0 saturated heterocycles. The Bertz CT molecular complexity index is 1730. The number of carbonyl (C=O) groups is 1. The van der Waals surface area contributed by atoms with E-state index in [-0.39, 0.29) is 18.1 Å². The van der Waals surface area contributed by atoms with Crippen LogP contribution in [0.3, 0.4) is 0 Å². The van der Waals surface area contributed by atoms with Crippen LogP contribution in [0.25, 0.3) is 11.1 Å². The zero-order chi connectivity index (χ0) is 28.2. The van der Waals surface area contributed by atoms with Gasteiger partial charge in [-0.15, -0.1) is 11.3 Å². The van der Waals surface area contributed by atoms with Gasteiger partial charge in [0.05, 0.1) is 29.4 Å². The van der Waals surface area contributed by atoms with Crippen molar-refractivity contribution in [1.29, 1.82) is 0 Å². The van der Waals surface area contributed by atoms with Crippen LogP contribution in [0.1, 0.15) is 49.8 Å². The summed E-state index contributed by atoms with van der Waals surface area (Å²) < 4.78 is 3.53. The second kappa shape index (κ2) is 10.3. The number of aryl methyl sites for hydroxylation is 2. The van der Waals surface area contributed by atoms with E-state index in [0.29, 0.717) is 23.6 Å². The molecule has 2 N–H and O–H groups in total. The van der Waals surface area contributed by atoms with Gasteiger partial charge in [-0.25, -0.2) is 0 Å². The minimum atomic E-state index is -0.226. The van der Waals surface area contributed by atoms with Gasteiger partial charge in [0, 0.05) is 54.9 Å². The molecule has 0 radical (unpaired) electrons. The zero-order valence-electron chi connectivity index (χ0n) is 23.4. The summed E-state index contributed by atoms with van der Waals surface area (Å²) in [5.74, 6) is 0.656. The van der Waals surface area contributed by atoms with Crippen molar-refractivity contribution in [3.63, 3.8) is 0 Å². The summed E-state index contributed by atoms with van der Waals surface area (Å²) in [6.07, 6.45) is 7.15. The van der Waals surface area contributed by atoms with Crippen LogP contribution in [0.5, 0.6) is 0 Å².